The van der Waals surface area contributed by atoms with E-state index in [0.717, 1.165) is 40.2 Å². The van der Waals surface area contributed by atoms with Gasteiger partial charge in [-0.15, -0.1) is 0 Å². The Balaban J connectivity index is 1.63. The first-order valence-electron chi connectivity index (χ1n) is 11.8. The van der Waals surface area contributed by atoms with Crippen LogP contribution >= 0.6 is 27.3 Å². The fourth-order valence-corrected chi connectivity index (χ4v) is 6.55. The molecule has 39 heavy (non-hydrogen) atoms. The largest absolute Gasteiger partial charge is 0.506 e. The fraction of sp³-hybridized carbons (Fsp3) is 0.111. The minimum Gasteiger partial charge on any atom is -0.506 e. The zero-order valence-electron chi connectivity index (χ0n) is 19.9. The molecule has 194 valence electrons. The number of aromatic nitrogens is 1. The number of aromatic hydroxyl groups is 1. The molecular weight excluding hydrogens is 588 g/mol. The second kappa shape index (κ2) is 9.40. The van der Waals surface area contributed by atoms with Crippen molar-refractivity contribution in [1.29, 1.82) is 0 Å². The number of rotatable bonds is 4. The average Bonchev–Trinajstić information content (AvgIpc) is 3.24. The predicted octanol–water partition coefficient (Wildman–Crippen LogP) is 4.60. The highest BCUT2D eigenvalue weighted by atomic mass is 79.9. The highest BCUT2D eigenvalue weighted by Gasteiger charge is 2.33. The number of thiazole rings is 1. The summed E-state index contributed by atoms with van der Waals surface area (Å²) >= 11 is 4.22. The van der Waals surface area contributed by atoms with Crippen LogP contribution in [0.4, 0.5) is 11.4 Å². The van der Waals surface area contributed by atoms with E-state index >= 15 is 0 Å². The van der Waals surface area contributed by atoms with Crippen LogP contribution < -0.4 is 14.9 Å². The first kappa shape index (κ1) is 24.9. The van der Waals surface area contributed by atoms with Crippen molar-refractivity contribution in [2.24, 2.45) is 4.99 Å². The van der Waals surface area contributed by atoms with Gasteiger partial charge in [-0.25, -0.2) is 4.99 Å². The summed E-state index contributed by atoms with van der Waals surface area (Å²) in [6.07, 6.45) is 2.75. The quantitative estimate of drug-likeness (QED) is 0.266. The Kier molecular flexibility index (Phi) is 6.00. The summed E-state index contributed by atoms with van der Waals surface area (Å²) < 4.78 is 1.85. The number of phenolic OH excluding ortho intramolecular Hbond substituents is 1. The maximum absolute atomic E-state index is 13.9. The lowest BCUT2D eigenvalue weighted by atomic mass is 9.83. The number of hydrogen-bond acceptors (Lipinski definition) is 8. The van der Waals surface area contributed by atoms with Crippen molar-refractivity contribution in [1.82, 2.24) is 4.57 Å². The van der Waals surface area contributed by atoms with Crippen LogP contribution in [0.5, 0.6) is 5.75 Å². The third kappa shape index (κ3) is 4.17. The van der Waals surface area contributed by atoms with Crippen molar-refractivity contribution in [3.05, 3.63) is 133 Å². The standard InChI is InChI=1S/C27H17BrN4O6S/c28-21-13-18(32(37)38)11-16(25(21)33)12-22-26(34)30-24(15-5-3-6-17(10-15)31(35)36)20-9-8-14-4-1-2-7-19(14)23(20)29-27(30)39-22/h1-7,10-13,24,33H,8-9H2/b22-12+. The molecule has 1 atom stereocenters. The molecule has 2 aliphatic rings. The number of allylic oxidation sites excluding steroid dienone is 1. The monoisotopic (exact) mass is 604 g/mol. The van der Waals surface area contributed by atoms with Gasteiger partial charge >= 0.3 is 0 Å². The van der Waals surface area contributed by atoms with E-state index in [2.05, 4.69) is 15.9 Å². The number of fused-ring (bicyclic) bond motifs is 3. The normalized spacial score (nSPS) is 16.2. The van der Waals surface area contributed by atoms with Gasteiger partial charge in [-0.05, 0) is 51.5 Å². The van der Waals surface area contributed by atoms with Gasteiger partial charge in [0.15, 0.2) is 4.80 Å². The summed E-state index contributed by atoms with van der Waals surface area (Å²) in [5.41, 5.74) is 3.63. The van der Waals surface area contributed by atoms with Crippen LogP contribution in [0.1, 0.15) is 34.7 Å². The molecule has 1 aliphatic carbocycles. The van der Waals surface area contributed by atoms with Crippen molar-refractivity contribution in [2.75, 3.05) is 0 Å². The highest BCUT2D eigenvalue weighted by Crippen LogP contribution is 2.41. The van der Waals surface area contributed by atoms with Gasteiger partial charge in [0.25, 0.3) is 16.9 Å². The number of non-ortho nitro benzene ring substituents is 2. The summed E-state index contributed by atoms with van der Waals surface area (Å²) in [6.45, 7) is 0. The van der Waals surface area contributed by atoms with E-state index in [4.69, 9.17) is 4.99 Å². The van der Waals surface area contributed by atoms with E-state index in [1.54, 1.807) is 12.1 Å². The van der Waals surface area contributed by atoms with Gasteiger partial charge in [-0.1, -0.05) is 47.7 Å². The van der Waals surface area contributed by atoms with E-state index in [1.807, 2.05) is 24.3 Å². The van der Waals surface area contributed by atoms with Gasteiger partial charge in [-0.2, -0.15) is 0 Å². The molecule has 4 aromatic rings. The molecule has 0 bridgehead atoms. The fourth-order valence-electron chi connectivity index (χ4n) is 5.09. The van der Waals surface area contributed by atoms with E-state index in [9.17, 15) is 30.1 Å². The van der Waals surface area contributed by atoms with Crippen molar-refractivity contribution < 1.29 is 15.0 Å². The minimum absolute atomic E-state index is 0.0867. The zero-order chi connectivity index (χ0) is 27.4. The summed E-state index contributed by atoms with van der Waals surface area (Å²) in [5.74, 6) is -0.241. The summed E-state index contributed by atoms with van der Waals surface area (Å²) in [7, 11) is 0. The van der Waals surface area contributed by atoms with Crippen LogP contribution in [-0.4, -0.2) is 19.5 Å². The second-order valence-corrected chi connectivity index (χ2v) is 11.0. The van der Waals surface area contributed by atoms with E-state index < -0.39 is 21.4 Å². The second-order valence-electron chi connectivity index (χ2n) is 9.09. The third-order valence-electron chi connectivity index (χ3n) is 6.84. The minimum atomic E-state index is -0.628. The molecule has 0 radical (unpaired) electrons. The Labute approximate surface area is 231 Å². The number of phenols is 1. The molecule has 0 saturated heterocycles. The van der Waals surface area contributed by atoms with Crippen molar-refractivity contribution in [3.63, 3.8) is 0 Å². The third-order valence-corrected chi connectivity index (χ3v) is 8.43. The molecule has 1 aromatic heterocycles. The SMILES string of the molecule is O=c1/c(=C\c2cc([N+](=O)[O-])cc(Br)c2O)sc2n1C(c1cccc([N+](=O)[O-])c1)C1=C(N=2)c2ccccc2CC1. The Morgan fingerprint density at radius 2 is 1.79 bits per heavy atom. The lowest BCUT2D eigenvalue weighted by Crippen LogP contribution is -2.38. The number of hydrogen-bond donors (Lipinski definition) is 1. The summed E-state index contributed by atoms with van der Waals surface area (Å²) in [5, 5.41) is 33.5. The molecule has 10 nitrogen and oxygen atoms in total. The van der Waals surface area contributed by atoms with Crippen LogP contribution in [-0.2, 0) is 6.42 Å². The van der Waals surface area contributed by atoms with Gasteiger partial charge in [0.1, 0.15) is 5.75 Å². The van der Waals surface area contributed by atoms with Crippen LogP contribution in [0.15, 0.2) is 80.5 Å². The lowest BCUT2D eigenvalue weighted by Gasteiger charge is -2.30. The molecule has 1 unspecified atom stereocenters. The Morgan fingerprint density at radius 3 is 2.56 bits per heavy atom. The molecule has 12 heteroatoms. The molecule has 1 N–H and O–H groups in total. The van der Waals surface area contributed by atoms with Gasteiger partial charge < -0.3 is 5.11 Å². The molecule has 3 aromatic carbocycles. The number of benzene rings is 3. The maximum Gasteiger partial charge on any atom is 0.271 e. The van der Waals surface area contributed by atoms with Crippen LogP contribution in [0.25, 0.3) is 11.8 Å². The van der Waals surface area contributed by atoms with E-state index in [1.165, 1.54) is 34.9 Å². The van der Waals surface area contributed by atoms with Crippen molar-refractivity contribution >= 4 is 50.4 Å². The molecule has 0 amide bonds. The first-order chi connectivity index (χ1) is 18.7. The first-order valence-corrected chi connectivity index (χ1v) is 13.4. The number of nitro benzene ring substituents is 2. The highest BCUT2D eigenvalue weighted by molar-refractivity contribution is 9.10. The molecule has 0 spiro atoms. The summed E-state index contributed by atoms with van der Waals surface area (Å²) in [6, 6.07) is 15.9. The number of aryl methyl sites for hydroxylation is 1. The van der Waals surface area contributed by atoms with E-state index in [0.29, 0.717) is 16.8 Å². The molecule has 0 fully saturated rings. The van der Waals surface area contributed by atoms with Gasteiger partial charge in [-0.3, -0.25) is 29.6 Å². The smallest absolute Gasteiger partial charge is 0.271 e. The van der Waals surface area contributed by atoms with Crippen LogP contribution in [0.3, 0.4) is 0 Å². The van der Waals surface area contributed by atoms with Crippen LogP contribution in [0.2, 0.25) is 0 Å². The molecule has 1 aliphatic heterocycles. The zero-order valence-corrected chi connectivity index (χ0v) is 22.3. The van der Waals surface area contributed by atoms with Crippen molar-refractivity contribution in [2.45, 2.75) is 18.9 Å². The Morgan fingerprint density at radius 1 is 1.03 bits per heavy atom. The van der Waals surface area contributed by atoms with E-state index in [-0.39, 0.29) is 31.7 Å². The molecule has 6 rings (SSSR count). The molecular formula is C27H17BrN4O6S. The Hall–Kier alpha value is -4.42. The number of nitrogens with zero attached hydrogens (tertiary/aromatic N) is 4. The predicted molar refractivity (Wildman–Crippen MR) is 148 cm³/mol. The topological polar surface area (TPSA) is 141 Å². The Bertz CT molecular complexity index is 1940. The van der Waals surface area contributed by atoms with Gasteiger partial charge in [0.05, 0.1) is 30.6 Å². The molecule has 0 saturated carbocycles. The van der Waals surface area contributed by atoms with Crippen molar-refractivity contribution in [3.8, 4) is 5.75 Å². The molecule has 2 heterocycles. The number of halogens is 1. The average molecular weight is 605 g/mol. The van der Waals surface area contributed by atoms with Crippen LogP contribution in [0, 0.1) is 20.2 Å². The van der Waals surface area contributed by atoms with Gasteiger partial charge in [0.2, 0.25) is 0 Å². The van der Waals surface area contributed by atoms with Gasteiger partial charge in [0, 0.05) is 35.4 Å². The maximum atomic E-state index is 13.9. The lowest BCUT2D eigenvalue weighted by molar-refractivity contribution is -0.385. The number of nitro groups is 2. The summed E-state index contributed by atoms with van der Waals surface area (Å²) in [4.78, 5) is 41.0.